The van der Waals surface area contributed by atoms with Crippen LogP contribution in [0.1, 0.15) is 35.3 Å². The summed E-state index contributed by atoms with van der Waals surface area (Å²) in [7, 11) is -2.19. The molecule has 0 aromatic heterocycles. The van der Waals surface area contributed by atoms with Gasteiger partial charge in [-0.3, -0.25) is 4.79 Å². The summed E-state index contributed by atoms with van der Waals surface area (Å²) in [6, 6.07) is 21.7. The number of fused-ring (bicyclic) bond motifs is 3. The molecule has 0 saturated carbocycles. The molecule has 202 valence electrons. The van der Waals surface area contributed by atoms with Crippen molar-refractivity contribution in [3.05, 3.63) is 89.5 Å². The summed E-state index contributed by atoms with van der Waals surface area (Å²) in [4.78, 5) is 15.8. The third kappa shape index (κ3) is 5.83. The Morgan fingerprint density at radius 3 is 2.37 bits per heavy atom. The number of likely N-dealkylation sites (N-methyl/N-ethyl adjacent to an activating group) is 1. The Morgan fingerprint density at radius 1 is 1.03 bits per heavy atom. The van der Waals surface area contributed by atoms with Gasteiger partial charge in [-0.2, -0.15) is 4.31 Å². The second-order valence-electron chi connectivity index (χ2n) is 10.1. The fourth-order valence-corrected chi connectivity index (χ4v) is 6.15. The first-order chi connectivity index (χ1) is 18.1. The summed E-state index contributed by atoms with van der Waals surface area (Å²) in [5, 5.41) is 9.99. The molecule has 1 amide bonds. The minimum absolute atomic E-state index is 0.113. The van der Waals surface area contributed by atoms with Crippen molar-refractivity contribution in [2.75, 3.05) is 26.7 Å². The minimum Gasteiger partial charge on any atom is -0.394 e. The van der Waals surface area contributed by atoms with E-state index in [9.17, 15) is 18.3 Å². The van der Waals surface area contributed by atoms with Crippen molar-refractivity contribution in [1.82, 2.24) is 9.21 Å². The first kappa shape index (κ1) is 28.0. The van der Waals surface area contributed by atoms with Gasteiger partial charge in [0.25, 0.3) is 5.91 Å². The van der Waals surface area contributed by atoms with Crippen LogP contribution in [0.5, 0.6) is 0 Å². The summed E-state index contributed by atoms with van der Waals surface area (Å²) in [5.74, 6) is -0.397. The Balaban J connectivity index is 1.73. The molecule has 1 aliphatic heterocycles. The zero-order chi connectivity index (χ0) is 27.4. The number of aliphatic hydroxyl groups excluding tert-OH is 1. The number of rotatable bonds is 6. The van der Waals surface area contributed by atoms with Gasteiger partial charge < -0.3 is 14.7 Å². The van der Waals surface area contributed by atoms with E-state index in [1.807, 2.05) is 75.4 Å². The third-order valence-corrected chi connectivity index (χ3v) is 9.05. The zero-order valence-electron chi connectivity index (χ0n) is 22.4. The molecule has 1 N–H and O–H groups in total. The van der Waals surface area contributed by atoms with Gasteiger partial charge in [0.15, 0.2) is 0 Å². The Hall–Kier alpha value is -3.04. The molecule has 0 saturated heterocycles. The molecule has 0 fully saturated rings. The van der Waals surface area contributed by atoms with Crippen molar-refractivity contribution in [1.29, 1.82) is 0 Å². The van der Waals surface area contributed by atoms with E-state index in [1.54, 1.807) is 30.1 Å². The average Bonchev–Trinajstić information content (AvgIpc) is 2.94. The number of carbonyl (C=O) groups excluding carboxylic acids is 1. The molecule has 3 aromatic rings. The molecule has 0 spiro atoms. The second-order valence-corrected chi connectivity index (χ2v) is 12.2. The maximum absolute atomic E-state index is 13.9. The lowest BCUT2D eigenvalue weighted by molar-refractivity contribution is -0.0146. The Bertz CT molecular complexity index is 1390. The lowest BCUT2D eigenvalue weighted by atomic mass is 9.94. The van der Waals surface area contributed by atoms with Crippen molar-refractivity contribution in [3.63, 3.8) is 0 Å². The molecule has 0 bridgehead atoms. The van der Waals surface area contributed by atoms with Gasteiger partial charge in [0.05, 0.1) is 30.3 Å². The van der Waals surface area contributed by atoms with Crippen LogP contribution in [0.25, 0.3) is 11.1 Å². The largest absolute Gasteiger partial charge is 0.394 e. The normalized spacial score (nSPS) is 19.4. The Kier molecular flexibility index (Phi) is 8.67. The predicted molar refractivity (Wildman–Crippen MR) is 148 cm³/mol. The number of carbonyl (C=O) groups is 1. The number of aliphatic hydroxyl groups is 1. The van der Waals surface area contributed by atoms with Gasteiger partial charge in [-0.15, -0.1) is 0 Å². The van der Waals surface area contributed by atoms with Crippen molar-refractivity contribution in [2.24, 2.45) is 5.92 Å². The van der Waals surface area contributed by atoms with Crippen molar-refractivity contribution in [3.8, 4) is 11.1 Å². The zero-order valence-corrected chi connectivity index (χ0v) is 23.2. The van der Waals surface area contributed by atoms with Crippen LogP contribution in [-0.2, 0) is 21.4 Å². The Labute approximate surface area is 225 Å². The number of sulfonamides is 1. The van der Waals surface area contributed by atoms with Crippen LogP contribution in [0.2, 0.25) is 0 Å². The van der Waals surface area contributed by atoms with Crippen molar-refractivity contribution in [2.45, 2.75) is 44.4 Å². The number of benzene rings is 3. The molecule has 3 aromatic carbocycles. The highest BCUT2D eigenvalue weighted by atomic mass is 32.2. The number of ether oxygens (including phenoxy) is 1. The summed E-state index contributed by atoms with van der Waals surface area (Å²) in [6.07, 6.45) is -0.505. The summed E-state index contributed by atoms with van der Waals surface area (Å²) in [5.41, 5.74) is 4.03. The molecule has 0 radical (unpaired) electrons. The summed E-state index contributed by atoms with van der Waals surface area (Å²) in [6.45, 7) is 6.11. The maximum atomic E-state index is 13.9. The molecule has 1 heterocycles. The topological polar surface area (TPSA) is 87.2 Å². The SMILES string of the molecule is Cc1cccc(S(=O)(=O)N(C)C[C@H]2OCc3ccccc3-c3ccccc3C(=O)N([C@@H](C)CO)C[C@@H]2C)c1. The lowest BCUT2D eigenvalue weighted by Gasteiger charge is -2.35. The van der Waals surface area contributed by atoms with Crippen LogP contribution in [0.3, 0.4) is 0 Å². The molecule has 4 rings (SSSR count). The predicted octanol–water partition coefficient (Wildman–Crippen LogP) is 4.34. The number of amides is 1. The number of aryl methyl sites for hydroxylation is 1. The highest BCUT2D eigenvalue weighted by molar-refractivity contribution is 7.89. The first-order valence-corrected chi connectivity index (χ1v) is 14.3. The van der Waals surface area contributed by atoms with E-state index in [4.69, 9.17) is 4.74 Å². The van der Waals surface area contributed by atoms with Crippen molar-refractivity contribution >= 4 is 15.9 Å². The number of nitrogens with zero attached hydrogens (tertiary/aromatic N) is 2. The van der Waals surface area contributed by atoms with Crippen LogP contribution in [0.4, 0.5) is 0 Å². The molecule has 1 aliphatic rings. The number of hydrogen-bond acceptors (Lipinski definition) is 5. The van der Waals surface area contributed by atoms with E-state index in [0.29, 0.717) is 12.1 Å². The van der Waals surface area contributed by atoms with Crippen LogP contribution in [0.15, 0.2) is 77.7 Å². The van der Waals surface area contributed by atoms with E-state index in [0.717, 1.165) is 22.3 Å². The molecule has 8 heteroatoms. The molecular weight excluding hydrogens is 500 g/mol. The van der Waals surface area contributed by atoms with Gasteiger partial charge in [-0.1, -0.05) is 61.5 Å². The molecule has 38 heavy (non-hydrogen) atoms. The van der Waals surface area contributed by atoms with Crippen LogP contribution in [0, 0.1) is 12.8 Å². The molecule has 7 nitrogen and oxygen atoms in total. The van der Waals surface area contributed by atoms with E-state index in [1.165, 1.54) is 4.31 Å². The van der Waals surface area contributed by atoms with E-state index < -0.39 is 22.2 Å². The quantitative estimate of drug-likeness (QED) is 0.507. The standard InChI is InChI=1S/C30H36N2O5S/c1-21-10-9-12-25(16-21)38(35,36)31(4)18-29-22(2)17-32(23(3)19-33)30(34)28-15-8-7-14-27(28)26-13-6-5-11-24(26)20-37-29/h5-16,22-23,29,33H,17-20H2,1-4H3/t22-,23-,29+/m0/s1. The van der Waals surface area contributed by atoms with Crippen LogP contribution < -0.4 is 0 Å². The van der Waals surface area contributed by atoms with Crippen LogP contribution >= 0.6 is 0 Å². The third-order valence-electron chi connectivity index (χ3n) is 7.23. The van der Waals surface area contributed by atoms with Crippen molar-refractivity contribution < 1.29 is 23.1 Å². The fourth-order valence-electron chi connectivity index (χ4n) is 4.86. The second kappa shape index (κ2) is 11.8. The molecule has 0 aliphatic carbocycles. The van der Waals surface area contributed by atoms with Gasteiger partial charge in [-0.05, 0) is 54.3 Å². The monoisotopic (exact) mass is 536 g/mol. The minimum atomic E-state index is -3.75. The molecule has 0 unspecified atom stereocenters. The first-order valence-electron chi connectivity index (χ1n) is 12.9. The van der Waals surface area contributed by atoms with E-state index in [2.05, 4.69) is 0 Å². The van der Waals surface area contributed by atoms with Gasteiger partial charge >= 0.3 is 0 Å². The van der Waals surface area contributed by atoms with Gasteiger partial charge in [-0.25, -0.2) is 8.42 Å². The number of hydrogen-bond donors (Lipinski definition) is 1. The average molecular weight is 537 g/mol. The summed E-state index contributed by atoms with van der Waals surface area (Å²) >= 11 is 0. The van der Waals surface area contributed by atoms with Gasteiger partial charge in [0.1, 0.15) is 0 Å². The smallest absolute Gasteiger partial charge is 0.254 e. The summed E-state index contributed by atoms with van der Waals surface area (Å²) < 4.78 is 34.5. The maximum Gasteiger partial charge on any atom is 0.254 e. The van der Waals surface area contributed by atoms with E-state index >= 15 is 0 Å². The fraction of sp³-hybridized carbons (Fsp3) is 0.367. The molecular formula is C30H36N2O5S. The highest BCUT2D eigenvalue weighted by Crippen LogP contribution is 2.31. The molecule has 3 atom stereocenters. The lowest BCUT2D eigenvalue weighted by Crippen LogP contribution is -2.47. The van der Waals surface area contributed by atoms with Crippen LogP contribution in [-0.4, -0.2) is 67.5 Å². The van der Waals surface area contributed by atoms with E-state index in [-0.39, 0.29) is 36.5 Å². The van der Waals surface area contributed by atoms with Gasteiger partial charge in [0.2, 0.25) is 10.0 Å². The highest BCUT2D eigenvalue weighted by Gasteiger charge is 2.32. The Morgan fingerprint density at radius 2 is 1.68 bits per heavy atom. The van der Waals surface area contributed by atoms with Gasteiger partial charge in [0, 0.05) is 31.6 Å².